The number of rotatable bonds is 3. The van der Waals surface area contributed by atoms with Gasteiger partial charge in [0.15, 0.2) is 0 Å². The molecule has 47 valence electrons. The van der Waals surface area contributed by atoms with Gasteiger partial charge in [0.1, 0.15) is 0 Å². The zero-order chi connectivity index (χ0) is 6.41. The lowest BCUT2D eigenvalue weighted by Gasteiger charge is -1.90. The van der Waals surface area contributed by atoms with E-state index in [0.717, 1.165) is 18.7 Å². The Morgan fingerprint density at radius 3 is 2.62 bits per heavy atom. The largest absolute Gasteiger partial charge is 0.294 e. The van der Waals surface area contributed by atoms with Gasteiger partial charge in [-0.15, -0.1) is 0 Å². The monoisotopic (exact) mass is 112 g/mol. The number of aliphatic imine (C=N–C) groups is 1. The van der Waals surface area contributed by atoms with Crippen molar-refractivity contribution in [2.75, 3.05) is 6.54 Å². The molecule has 1 heteroatoms. The van der Waals surface area contributed by atoms with Crippen LogP contribution in [0.15, 0.2) is 4.99 Å². The molecule has 0 aliphatic rings. The highest BCUT2D eigenvalue weighted by atomic mass is 14.7. The Balaban J connectivity index is 3.26. The second-order valence-corrected chi connectivity index (χ2v) is 1.81. The maximum absolute atomic E-state index is 4.22. The van der Waals surface area contributed by atoms with Gasteiger partial charge in [-0.1, -0.05) is 13.8 Å². The fourth-order valence-electron chi connectivity index (χ4n) is 0.379. The topological polar surface area (TPSA) is 12.4 Å². The molecule has 0 saturated heterocycles. The molecule has 0 spiro atoms. The lowest BCUT2D eigenvalue weighted by atomic mass is 10.3. The van der Waals surface area contributed by atoms with Gasteiger partial charge in [-0.25, -0.2) is 0 Å². The summed E-state index contributed by atoms with van der Waals surface area (Å²) in [5.74, 6) is 0. The van der Waals surface area contributed by atoms with E-state index in [1.807, 2.05) is 20.3 Å². The minimum atomic E-state index is 0.968. The van der Waals surface area contributed by atoms with Crippen LogP contribution in [0.5, 0.6) is 0 Å². The first-order valence-corrected chi connectivity index (χ1v) is 3.11. The van der Waals surface area contributed by atoms with Crippen LogP contribution in [-0.2, 0) is 0 Å². The van der Waals surface area contributed by atoms with Gasteiger partial charge in [0, 0.05) is 18.7 Å². The van der Waals surface area contributed by atoms with E-state index in [4.69, 9.17) is 0 Å². The van der Waals surface area contributed by atoms with E-state index in [2.05, 4.69) is 11.9 Å². The minimum absolute atomic E-state index is 0.968. The molecule has 0 heterocycles. The zero-order valence-electron chi connectivity index (χ0n) is 5.94. The molecule has 0 amide bonds. The van der Waals surface area contributed by atoms with Crippen molar-refractivity contribution in [1.29, 1.82) is 0 Å². The molecular weight excluding hydrogens is 98.1 g/mol. The van der Waals surface area contributed by atoms with E-state index < -0.39 is 0 Å². The van der Waals surface area contributed by atoms with Crippen molar-refractivity contribution < 1.29 is 0 Å². The van der Waals surface area contributed by atoms with Gasteiger partial charge in [0.25, 0.3) is 0 Å². The number of hydrogen-bond donors (Lipinski definition) is 0. The van der Waals surface area contributed by atoms with E-state index >= 15 is 0 Å². The van der Waals surface area contributed by atoms with Crippen molar-refractivity contribution in [3.05, 3.63) is 6.42 Å². The lowest BCUT2D eigenvalue weighted by Crippen LogP contribution is -1.89. The summed E-state index contributed by atoms with van der Waals surface area (Å²) in [6.07, 6.45) is 3.17. The molecule has 1 radical (unpaired) electrons. The SMILES string of the molecule is C[CH]/C(C)=N\CCC. The van der Waals surface area contributed by atoms with Gasteiger partial charge in [-0.05, 0) is 13.3 Å². The molecule has 0 bridgehead atoms. The molecule has 0 aromatic carbocycles. The molecule has 0 unspecified atom stereocenters. The first-order valence-electron chi connectivity index (χ1n) is 3.11. The highest BCUT2D eigenvalue weighted by Gasteiger charge is 1.81. The van der Waals surface area contributed by atoms with E-state index in [0.29, 0.717) is 0 Å². The Bertz CT molecular complexity index is 74.5. The van der Waals surface area contributed by atoms with Gasteiger partial charge in [-0.3, -0.25) is 4.99 Å². The van der Waals surface area contributed by atoms with Gasteiger partial charge < -0.3 is 0 Å². The van der Waals surface area contributed by atoms with Crippen LogP contribution >= 0.6 is 0 Å². The Morgan fingerprint density at radius 2 is 2.25 bits per heavy atom. The van der Waals surface area contributed by atoms with Crippen LogP contribution in [0.3, 0.4) is 0 Å². The number of nitrogens with zero attached hydrogens (tertiary/aromatic N) is 1. The van der Waals surface area contributed by atoms with Gasteiger partial charge >= 0.3 is 0 Å². The molecular formula is C7H14N. The summed E-state index contributed by atoms with van der Waals surface area (Å²) >= 11 is 0. The average Bonchev–Trinajstić information content (AvgIpc) is 1.83. The van der Waals surface area contributed by atoms with Crippen LogP contribution in [0.4, 0.5) is 0 Å². The molecule has 0 aromatic rings. The molecule has 0 fully saturated rings. The van der Waals surface area contributed by atoms with Crippen LogP contribution < -0.4 is 0 Å². The Kier molecular flexibility index (Phi) is 4.62. The van der Waals surface area contributed by atoms with E-state index in [1.54, 1.807) is 0 Å². The standard InChI is InChI=1S/C7H14N/c1-4-6-8-7(3)5-2/h5H,4,6H2,1-3H3/b8-7-. The summed E-state index contributed by atoms with van der Waals surface area (Å²) in [6, 6.07) is 0. The Morgan fingerprint density at radius 1 is 1.62 bits per heavy atom. The summed E-state index contributed by atoms with van der Waals surface area (Å²) in [7, 11) is 0. The maximum Gasteiger partial charge on any atom is 0.0386 e. The third-order valence-corrected chi connectivity index (χ3v) is 1.00. The molecule has 0 rings (SSSR count). The second-order valence-electron chi connectivity index (χ2n) is 1.81. The van der Waals surface area contributed by atoms with E-state index in [1.165, 1.54) is 0 Å². The summed E-state index contributed by atoms with van der Waals surface area (Å²) in [5.41, 5.74) is 1.15. The van der Waals surface area contributed by atoms with E-state index in [9.17, 15) is 0 Å². The fraction of sp³-hybridized carbons (Fsp3) is 0.714. The van der Waals surface area contributed by atoms with Gasteiger partial charge in [0.05, 0.1) is 0 Å². The predicted octanol–water partition coefficient (Wildman–Crippen LogP) is 2.08. The quantitative estimate of drug-likeness (QED) is 0.496. The molecule has 8 heavy (non-hydrogen) atoms. The summed E-state index contributed by atoms with van der Waals surface area (Å²) in [6.45, 7) is 7.13. The molecule has 0 aliphatic carbocycles. The highest BCUT2D eigenvalue weighted by molar-refractivity contribution is 5.89. The van der Waals surface area contributed by atoms with Crippen LogP contribution in [0.25, 0.3) is 0 Å². The molecule has 0 aromatic heterocycles. The summed E-state index contributed by atoms with van der Waals surface area (Å²) in [4.78, 5) is 4.22. The van der Waals surface area contributed by atoms with Gasteiger partial charge in [-0.2, -0.15) is 0 Å². The first kappa shape index (κ1) is 7.67. The molecule has 0 N–H and O–H groups in total. The first-order chi connectivity index (χ1) is 3.81. The van der Waals surface area contributed by atoms with Crippen molar-refractivity contribution >= 4 is 5.71 Å². The van der Waals surface area contributed by atoms with Crippen molar-refractivity contribution in [3.8, 4) is 0 Å². The lowest BCUT2D eigenvalue weighted by molar-refractivity contribution is 0.931. The van der Waals surface area contributed by atoms with Crippen molar-refractivity contribution in [3.63, 3.8) is 0 Å². The third-order valence-electron chi connectivity index (χ3n) is 1.00. The maximum atomic E-state index is 4.22. The average molecular weight is 112 g/mol. The van der Waals surface area contributed by atoms with Crippen LogP contribution in [0.2, 0.25) is 0 Å². The third kappa shape index (κ3) is 3.85. The van der Waals surface area contributed by atoms with Crippen LogP contribution in [-0.4, -0.2) is 12.3 Å². The Labute approximate surface area is 51.8 Å². The van der Waals surface area contributed by atoms with Crippen LogP contribution in [0, 0.1) is 6.42 Å². The van der Waals surface area contributed by atoms with Crippen LogP contribution in [0.1, 0.15) is 27.2 Å². The summed E-state index contributed by atoms with van der Waals surface area (Å²) < 4.78 is 0. The fourth-order valence-corrected chi connectivity index (χ4v) is 0.379. The highest BCUT2D eigenvalue weighted by Crippen LogP contribution is 1.84. The van der Waals surface area contributed by atoms with Crippen molar-refractivity contribution in [2.24, 2.45) is 4.99 Å². The zero-order valence-corrected chi connectivity index (χ0v) is 5.94. The molecule has 0 atom stereocenters. The normalized spacial score (nSPS) is 12.1. The summed E-state index contributed by atoms with van der Waals surface area (Å²) in [5, 5.41) is 0. The molecule has 1 nitrogen and oxygen atoms in total. The second kappa shape index (κ2) is 4.82. The molecule has 0 aliphatic heterocycles. The Hall–Kier alpha value is -0.330. The predicted molar refractivity (Wildman–Crippen MR) is 38.2 cm³/mol. The minimum Gasteiger partial charge on any atom is -0.294 e. The smallest absolute Gasteiger partial charge is 0.0386 e. The molecule has 0 saturated carbocycles. The van der Waals surface area contributed by atoms with E-state index in [-0.39, 0.29) is 0 Å². The van der Waals surface area contributed by atoms with Crippen molar-refractivity contribution in [1.82, 2.24) is 0 Å². The van der Waals surface area contributed by atoms with Crippen molar-refractivity contribution in [2.45, 2.75) is 27.2 Å². The van der Waals surface area contributed by atoms with Gasteiger partial charge in [0.2, 0.25) is 0 Å². The number of hydrogen-bond acceptors (Lipinski definition) is 1.